The van der Waals surface area contributed by atoms with E-state index in [-0.39, 0.29) is 30.7 Å². The third-order valence-electron chi connectivity index (χ3n) is 3.02. The van der Waals surface area contributed by atoms with Crippen molar-refractivity contribution >= 4 is 17.5 Å². The Morgan fingerprint density at radius 3 is 2.76 bits per heavy atom. The molecule has 8 nitrogen and oxygen atoms in total. The fourth-order valence-electron chi connectivity index (χ4n) is 1.92. The highest BCUT2D eigenvalue weighted by Gasteiger charge is 2.20. The molecule has 0 unspecified atom stereocenters. The topological polar surface area (TPSA) is 102 Å². The highest BCUT2D eigenvalue weighted by molar-refractivity contribution is 5.85. The average Bonchev–Trinajstić information content (AvgIpc) is 2.70. The Balaban J connectivity index is 1.88. The highest BCUT2D eigenvalue weighted by Crippen LogP contribution is 2.17. The molecule has 1 N–H and O–H groups in total. The van der Waals surface area contributed by atoms with Crippen molar-refractivity contribution in [2.75, 3.05) is 26.2 Å². The third-order valence-corrected chi connectivity index (χ3v) is 3.02. The van der Waals surface area contributed by atoms with Crippen molar-refractivity contribution < 1.29 is 19.2 Å². The van der Waals surface area contributed by atoms with Crippen molar-refractivity contribution in [3.05, 3.63) is 34.4 Å². The molecule has 1 saturated heterocycles. The molecular formula is C13H15N3O5. The Morgan fingerprint density at radius 1 is 1.38 bits per heavy atom. The SMILES string of the molecule is O=C1CN(C(=O)COc2ccc([N+](=O)[O-])cc2)CCCN1. The molecule has 8 heteroatoms. The molecule has 2 amide bonds. The molecule has 0 saturated carbocycles. The number of rotatable bonds is 4. The largest absolute Gasteiger partial charge is 0.484 e. The standard InChI is InChI=1S/C13H15N3O5/c17-12-8-15(7-1-6-14-12)13(18)9-21-11-4-2-10(3-5-11)16(19)20/h2-5H,1,6-9H2,(H,14,17). The van der Waals surface area contributed by atoms with Crippen LogP contribution in [0.1, 0.15) is 6.42 Å². The van der Waals surface area contributed by atoms with E-state index in [9.17, 15) is 19.7 Å². The van der Waals surface area contributed by atoms with Crippen LogP contribution in [0.3, 0.4) is 0 Å². The summed E-state index contributed by atoms with van der Waals surface area (Å²) in [6.45, 7) is 0.889. The first kappa shape index (κ1) is 14.8. The maximum atomic E-state index is 12.0. The summed E-state index contributed by atoms with van der Waals surface area (Å²) < 4.78 is 5.29. The number of amides is 2. The number of nitrogens with zero attached hydrogens (tertiary/aromatic N) is 2. The smallest absolute Gasteiger partial charge is 0.269 e. The van der Waals surface area contributed by atoms with Gasteiger partial charge in [-0.05, 0) is 18.6 Å². The van der Waals surface area contributed by atoms with Gasteiger partial charge in [0.2, 0.25) is 5.91 Å². The molecule has 0 bridgehead atoms. The van der Waals surface area contributed by atoms with E-state index >= 15 is 0 Å². The Hall–Kier alpha value is -2.64. The molecule has 112 valence electrons. The van der Waals surface area contributed by atoms with Crippen molar-refractivity contribution in [3.8, 4) is 5.75 Å². The molecule has 1 aliphatic heterocycles. The van der Waals surface area contributed by atoms with E-state index in [1.54, 1.807) is 0 Å². The Labute approximate surface area is 120 Å². The van der Waals surface area contributed by atoms with Gasteiger partial charge in [-0.15, -0.1) is 0 Å². The van der Waals surface area contributed by atoms with E-state index in [4.69, 9.17) is 4.74 Å². The molecule has 0 atom stereocenters. The average molecular weight is 293 g/mol. The summed E-state index contributed by atoms with van der Waals surface area (Å²) >= 11 is 0. The van der Waals surface area contributed by atoms with Crippen LogP contribution in [0.15, 0.2) is 24.3 Å². The number of benzene rings is 1. The molecule has 1 fully saturated rings. The molecule has 1 heterocycles. The van der Waals surface area contributed by atoms with E-state index in [1.807, 2.05) is 0 Å². The first-order chi connectivity index (χ1) is 10.1. The number of ether oxygens (including phenoxy) is 1. The van der Waals surface area contributed by atoms with Gasteiger partial charge in [-0.25, -0.2) is 0 Å². The van der Waals surface area contributed by atoms with Crippen LogP contribution in [0.4, 0.5) is 5.69 Å². The van der Waals surface area contributed by atoms with Crippen LogP contribution in [0.5, 0.6) is 5.75 Å². The zero-order chi connectivity index (χ0) is 15.2. The Bertz CT molecular complexity index is 543. The number of hydrogen-bond acceptors (Lipinski definition) is 5. The summed E-state index contributed by atoms with van der Waals surface area (Å²) in [6, 6.07) is 5.47. The monoisotopic (exact) mass is 293 g/mol. The van der Waals surface area contributed by atoms with E-state index in [0.29, 0.717) is 25.3 Å². The first-order valence-corrected chi connectivity index (χ1v) is 6.48. The normalized spacial score (nSPS) is 15.0. The fraction of sp³-hybridized carbons (Fsp3) is 0.385. The second kappa shape index (κ2) is 6.69. The van der Waals surface area contributed by atoms with Crippen molar-refractivity contribution in [2.24, 2.45) is 0 Å². The number of nitro benzene ring substituents is 1. The summed E-state index contributed by atoms with van der Waals surface area (Å²) in [6.07, 6.45) is 0.703. The minimum atomic E-state index is -0.509. The Kier molecular flexibility index (Phi) is 4.70. The van der Waals surface area contributed by atoms with Crippen molar-refractivity contribution in [1.82, 2.24) is 10.2 Å². The number of nitro groups is 1. The quantitative estimate of drug-likeness (QED) is 0.636. The summed E-state index contributed by atoms with van der Waals surface area (Å²) in [5.41, 5.74) is -0.0436. The summed E-state index contributed by atoms with van der Waals surface area (Å²) in [5, 5.41) is 13.2. The zero-order valence-corrected chi connectivity index (χ0v) is 11.3. The number of nitrogens with one attached hydrogen (secondary N) is 1. The van der Waals surface area contributed by atoms with Crippen LogP contribution in [-0.2, 0) is 9.59 Å². The fourth-order valence-corrected chi connectivity index (χ4v) is 1.92. The molecule has 1 aromatic carbocycles. The lowest BCUT2D eigenvalue weighted by Crippen LogP contribution is -2.39. The molecule has 0 spiro atoms. The van der Waals surface area contributed by atoms with Crippen LogP contribution in [0, 0.1) is 10.1 Å². The van der Waals surface area contributed by atoms with Crippen molar-refractivity contribution in [3.63, 3.8) is 0 Å². The lowest BCUT2D eigenvalue weighted by molar-refractivity contribution is -0.384. The van der Waals surface area contributed by atoms with E-state index in [1.165, 1.54) is 29.2 Å². The number of carbonyl (C=O) groups excluding carboxylic acids is 2. The Morgan fingerprint density at radius 2 is 2.10 bits per heavy atom. The van der Waals surface area contributed by atoms with Gasteiger partial charge in [0.15, 0.2) is 6.61 Å². The van der Waals surface area contributed by atoms with Crippen LogP contribution >= 0.6 is 0 Å². The zero-order valence-electron chi connectivity index (χ0n) is 11.3. The predicted molar refractivity (Wildman–Crippen MR) is 72.8 cm³/mol. The van der Waals surface area contributed by atoms with Crippen molar-refractivity contribution in [1.29, 1.82) is 0 Å². The van der Waals surface area contributed by atoms with Gasteiger partial charge in [-0.2, -0.15) is 0 Å². The van der Waals surface area contributed by atoms with Gasteiger partial charge >= 0.3 is 0 Å². The predicted octanol–water partition coefficient (Wildman–Crippen LogP) is 0.322. The van der Waals surface area contributed by atoms with E-state index in [0.717, 1.165) is 0 Å². The lowest BCUT2D eigenvalue weighted by atomic mass is 10.3. The minimum absolute atomic E-state index is 0.0302. The molecule has 21 heavy (non-hydrogen) atoms. The van der Waals surface area contributed by atoms with E-state index < -0.39 is 4.92 Å². The maximum Gasteiger partial charge on any atom is 0.269 e. The summed E-state index contributed by atoms with van der Waals surface area (Å²) in [7, 11) is 0. The molecule has 1 aromatic rings. The minimum Gasteiger partial charge on any atom is -0.484 e. The van der Waals surface area contributed by atoms with E-state index in [2.05, 4.69) is 5.32 Å². The molecule has 0 aliphatic carbocycles. The van der Waals surface area contributed by atoms with Crippen LogP contribution in [0.2, 0.25) is 0 Å². The highest BCUT2D eigenvalue weighted by atomic mass is 16.6. The van der Waals surface area contributed by atoms with Gasteiger partial charge < -0.3 is 15.0 Å². The van der Waals surface area contributed by atoms with Gasteiger partial charge in [-0.3, -0.25) is 19.7 Å². The van der Waals surface area contributed by atoms with Crippen LogP contribution in [0.25, 0.3) is 0 Å². The number of non-ortho nitro benzene ring substituents is 1. The first-order valence-electron chi connectivity index (χ1n) is 6.48. The van der Waals surface area contributed by atoms with Gasteiger partial charge in [0.05, 0.1) is 11.5 Å². The van der Waals surface area contributed by atoms with Crippen LogP contribution < -0.4 is 10.1 Å². The third kappa shape index (κ3) is 4.16. The van der Waals surface area contributed by atoms with Gasteiger partial charge in [0.25, 0.3) is 11.6 Å². The van der Waals surface area contributed by atoms with Crippen LogP contribution in [-0.4, -0.2) is 47.9 Å². The molecule has 1 aliphatic rings. The molecule has 0 aromatic heterocycles. The second-order valence-electron chi connectivity index (χ2n) is 4.56. The molecule has 2 rings (SSSR count). The summed E-state index contributed by atoms with van der Waals surface area (Å²) in [4.78, 5) is 34.8. The number of hydrogen-bond donors (Lipinski definition) is 1. The lowest BCUT2D eigenvalue weighted by Gasteiger charge is -2.19. The molecule has 0 radical (unpaired) electrons. The van der Waals surface area contributed by atoms with Crippen molar-refractivity contribution in [2.45, 2.75) is 6.42 Å². The second-order valence-corrected chi connectivity index (χ2v) is 4.56. The van der Waals surface area contributed by atoms with Gasteiger partial charge in [0.1, 0.15) is 5.75 Å². The van der Waals surface area contributed by atoms with Gasteiger partial charge in [-0.1, -0.05) is 0 Å². The maximum absolute atomic E-state index is 12.0. The van der Waals surface area contributed by atoms with Gasteiger partial charge in [0, 0.05) is 25.2 Å². The molecular weight excluding hydrogens is 278 g/mol. The number of carbonyl (C=O) groups is 2. The summed E-state index contributed by atoms with van der Waals surface area (Å²) in [5.74, 6) is -0.102.